The van der Waals surface area contributed by atoms with Crippen LogP contribution in [0.2, 0.25) is 0 Å². The normalized spacial score (nSPS) is 17.1. The van der Waals surface area contributed by atoms with Gasteiger partial charge in [0, 0.05) is 51.9 Å². The van der Waals surface area contributed by atoms with Crippen LogP contribution < -0.4 is 14.7 Å². The van der Waals surface area contributed by atoms with Gasteiger partial charge in [-0.15, -0.1) is 0 Å². The number of piperazine rings is 1. The number of hydrogen-bond donors (Lipinski definition) is 0. The third kappa shape index (κ3) is 4.74. The zero-order chi connectivity index (χ0) is 20.9. The van der Waals surface area contributed by atoms with E-state index in [1.165, 1.54) is 5.56 Å². The second kappa shape index (κ2) is 9.26. The van der Waals surface area contributed by atoms with E-state index >= 15 is 0 Å². The Bertz CT molecular complexity index is 972. The van der Waals surface area contributed by atoms with Gasteiger partial charge < -0.3 is 19.4 Å². The van der Waals surface area contributed by atoms with Crippen molar-refractivity contribution in [3.05, 3.63) is 66.1 Å². The topological polar surface area (TPSA) is 70.5 Å². The Kier molecular flexibility index (Phi) is 5.88. The Balaban J connectivity index is 1.37. The molecule has 0 amide bonds. The molecule has 0 atom stereocenters. The molecule has 8 heteroatoms. The average molecular weight is 418 g/mol. The number of rotatable bonds is 5. The molecule has 0 spiro atoms. The number of hydrogen-bond acceptors (Lipinski definition) is 8. The molecular weight excluding hydrogens is 390 g/mol. The summed E-state index contributed by atoms with van der Waals surface area (Å²) in [5.41, 5.74) is 1.20. The van der Waals surface area contributed by atoms with Crippen molar-refractivity contribution in [2.45, 2.75) is 6.42 Å². The highest BCUT2D eigenvalue weighted by atomic mass is 16.5. The zero-order valence-electron chi connectivity index (χ0n) is 17.6. The monoisotopic (exact) mass is 417 g/mol. The van der Waals surface area contributed by atoms with Gasteiger partial charge in [0.05, 0.1) is 13.2 Å². The lowest BCUT2D eigenvalue weighted by Crippen LogP contribution is -2.47. The molecule has 0 bridgehead atoms. The Hall–Kier alpha value is -3.26. The number of aromatic nitrogens is 4. The number of nitrogens with zero attached hydrogens (tertiary/aromatic N) is 7. The summed E-state index contributed by atoms with van der Waals surface area (Å²) in [4.78, 5) is 25.8. The summed E-state index contributed by atoms with van der Waals surface area (Å²) in [6.07, 6.45) is 2.54. The number of morpholine rings is 1. The van der Waals surface area contributed by atoms with Crippen molar-refractivity contribution >= 4 is 17.7 Å². The Labute approximate surface area is 182 Å². The van der Waals surface area contributed by atoms with Gasteiger partial charge in [0.2, 0.25) is 11.9 Å². The highest BCUT2D eigenvalue weighted by Crippen LogP contribution is 2.20. The Morgan fingerprint density at radius 3 is 2.00 bits per heavy atom. The fourth-order valence-electron chi connectivity index (χ4n) is 3.98. The fourth-order valence-corrected chi connectivity index (χ4v) is 3.98. The minimum atomic E-state index is 0.696. The summed E-state index contributed by atoms with van der Waals surface area (Å²) >= 11 is 0. The molecule has 0 aliphatic carbocycles. The first-order valence-corrected chi connectivity index (χ1v) is 10.9. The van der Waals surface area contributed by atoms with Crippen molar-refractivity contribution in [1.82, 2.24) is 19.9 Å². The molecule has 2 aliphatic heterocycles. The van der Waals surface area contributed by atoms with E-state index in [9.17, 15) is 0 Å². The molecular formula is C23H27N7O. The van der Waals surface area contributed by atoms with Crippen LogP contribution in [0.3, 0.4) is 0 Å². The standard InChI is InChI=1S/C23H27N7O/c1-2-6-19(7-3-1)18-20-25-22(27-23(26-20)30-14-16-31-17-15-30)29-12-10-28(11-13-29)21-8-4-5-9-24-21/h1-9H,10-18H2. The molecule has 1 aromatic carbocycles. The van der Waals surface area contributed by atoms with E-state index in [2.05, 4.69) is 50.0 Å². The molecule has 0 saturated carbocycles. The van der Waals surface area contributed by atoms with Crippen molar-refractivity contribution < 1.29 is 4.74 Å². The maximum absolute atomic E-state index is 5.51. The molecule has 5 rings (SSSR count). The maximum atomic E-state index is 5.51. The van der Waals surface area contributed by atoms with Crippen molar-refractivity contribution in [1.29, 1.82) is 0 Å². The van der Waals surface area contributed by atoms with Crippen LogP contribution in [0, 0.1) is 0 Å². The van der Waals surface area contributed by atoms with Crippen LogP contribution in [0.25, 0.3) is 0 Å². The molecule has 2 fully saturated rings. The lowest BCUT2D eigenvalue weighted by molar-refractivity contribution is 0.122. The molecule has 0 radical (unpaired) electrons. The number of benzene rings is 1. The van der Waals surface area contributed by atoms with Crippen molar-refractivity contribution in [3.63, 3.8) is 0 Å². The molecule has 31 heavy (non-hydrogen) atoms. The van der Waals surface area contributed by atoms with Gasteiger partial charge >= 0.3 is 0 Å². The average Bonchev–Trinajstić information content (AvgIpc) is 2.86. The lowest BCUT2D eigenvalue weighted by Gasteiger charge is -2.36. The second-order valence-electron chi connectivity index (χ2n) is 7.78. The van der Waals surface area contributed by atoms with Gasteiger partial charge in [0.15, 0.2) is 0 Å². The van der Waals surface area contributed by atoms with Gasteiger partial charge in [0.25, 0.3) is 0 Å². The van der Waals surface area contributed by atoms with Gasteiger partial charge in [-0.05, 0) is 17.7 Å². The number of ether oxygens (including phenoxy) is 1. The predicted molar refractivity (Wildman–Crippen MR) is 121 cm³/mol. The summed E-state index contributed by atoms with van der Waals surface area (Å²) in [6, 6.07) is 16.4. The van der Waals surface area contributed by atoms with Gasteiger partial charge in [-0.3, -0.25) is 0 Å². The van der Waals surface area contributed by atoms with Crippen LogP contribution in [-0.4, -0.2) is 72.4 Å². The molecule has 2 saturated heterocycles. The smallest absolute Gasteiger partial charge is 0.230 e. The molecule has 160 valence electrons. The Morgan fingerprint density at radius 1 is 0.677 bits per heavy atom. The van der Waals surface area contributed by atoms with E-state index in [1.807, 2.05) is 24.4 Å². The lowest BCUT2D eigenvalue weighted by atomic mass is 10.1. The van der Waals surface area contributed by atoms with E-state index in [4.69, 9.17) is 19.7 Å². The summed E-state index contributed by atoms with van der Waals surface area (Å²) in [7, 11) is 0. The number of pyridine rings is 1. The predicted octanol–water partition coefficient (Wildman–Crippen LogP) is 2.02. The van der Waals surface area contributed by atoms with E-state index in [-0.39, 0.29) is 0 Å². The van der Waals surface area contributed by atoms with E-state index in [0.717, 1.165) is 62.8 Å². The first kappa shape index (κ1) is 19.7. The van der Waals surface area contributed by atoms with Crippen LogP contribution in [0.5, 0.6) is 0 Å². The van der Waals surface area contributed by atoms with Crippen LogP contribution >= 0.6 is 0 Å². The van der Waals surface area contributed by atoms with Gasteiger partial charge in [-0.25, -0.2) is 4.98 Å². The molecule has 2 aromatic heterocycles. The van der Waals surface area contributed by atoms with Gasteiger partial charge in [0.1, 0.15) is 11.6 Å². The van der Waals surface area contributed by atoms with Crippen LogP contribution in [-0.2, 0) is 11.2 Å². The minimum absolute atomic E-state index is 0.696. The largest absolute Gasteiger partial charge is 0.378 e. The highest BCUT2D eigenvalue weighted by Gasteiger charge is 2.23. The van der Waals surface area contributed by atoms with E-state index in [0.29, 0.717) is 19.6 Å². The summed E-state index contributed by atoms with van der Waals surface area (Å²) in [6.45, 7) is 6.52. The Morgan fingerprint density at radius 2 is 1.32 bits per heavy atom. The summed E-state index contributed by atoms with van der Waals surface area (Å²) in [5.74, 6) is 3.36. The fraction of sp³-hybridized carbons (Fsp3) is 0.391. The molecule has 4 heterocycles. The second-order valence-corrected chi connectivity index (χ2v) is 7.78. The maximum Gasteiger partial charge on any atom is 0.230 e. The number of anilines is 3. The van der Waals surface area contributed by atoms with E-state index < -0.39 is 0 Å². The third-order valence-electron chi connectivity index (χ3n) is 5.69. The van der Waals surface area contributed by atoms with Gasteiger partial charge in [-0.1, -0.05) is 36.4 Å². The highest BCUT2D eigenvalue weighted by molar-refractivity contribution is 5.44. The molecule has 8 nitrogen and oxygen atoms in total. The molecule has 0 unspecified atom stereocenters. The molecule has 2 aliphatic rings. The first-order valence-electron chi connectivity index (χ1n) is 10.9. The van der Waals surface area contributed by atoms with E-state index in [1.54, 1.807) is 0 Å². The van der Waals surface area contributed by atoms with Crippen molar-refractivity contribution in [3.8, 4) is 0 Å². The van der Waals surface area contributed by atoms with Crippen LogP contribution in [0.15, 0.2) is 54.7 Å². The van der Waals surface area contributed by atoms with Gasteiger partial charge in [-0.2, -0.15) is 15.0 Å². The molecule has 3 aromatic rings. The van der Waals surface area contributed by atoms with Crippen molar-refractivity contribution in [2.24, 2.45) is 0 Å². The summed E-state index contributed by atoms with van der Waals surface area (Å²) < 4.78 is 5.51. The van der Waals surface area contributed by atoms with Crippen molar-refractivity contribution in [2.75, 3.05) is 67.2 Å². The first-order chi connectivity index (χ1) is 15.3. The third-order valence-corrected chi connectivity index (χ3v) is 5.69. The van der Waals surface area contributed by atoms with Crippen LogP contribution in [0.4, 0.5) is 17.7 Å². The molecule has 0 N–H and O–H groups in total. The summed E-state index contributed by atoms with van der Waals surface area (Å²) in [5, 5.41) is 0. The van der Waals surface area contributed by atoms with Crippen LogP contribution in [0.1, 0.15) is 11.4 Å². The quantitative estimate of drug-likeness (QED) is 0.625. The SMILES string of the molecule is c1ccc(Cc2nc(N3CCOCC3)nc(N3CCN(c4ccccn4)CC3)n2)cc1. The minimum Gasteiger partial charge on any atom is -0.378 e. The zero-order valence-corrected chi connectivity index (χ0v) is 17.6.